The molecular weight excluding hydrogens is 439 g/mol. The lowest BCUT2D eigenvalue weighted by molar-refractivity contribution is -0.344. The number of carbonyl (C=O) groups is 1. The Bertz CT molecular complexity index is 807. The van der Waals surface area contributed by atoms with Crippen LogP contribution >= 0.6 is 0 Å². The molecule has 0 aromatic carbocycles. The fourth-order valence-corrected chi connectivity index (χ4v) is 2.50. The first-order valence-corrected chi connectivity index (χ1v) is 8.58. The summed E-state index contributed by atoms with van der Waals surface area (Å²) in [5, 5.41) is 37.2. The molecule has 5 N–H and O–H groups in total. The van der Waals surface area contributed by atoms with Crippen LogP contribution in [0.1, 0.15) is 6.23 Å². The van der Waals surface area contributed by atoms with Gasteiger partial charge in [-0.3, -0.25) is 4.57 Å². The van der Waals surface area contributed by atoms with Crippen LogP contribution in [0.15, 0.2) is 17.1 Å². The maximum Gasteiger partial charge on any atom is 0.430 e. The molecule has 0 radical (unpaired) electrons. The molecule has 2 saturated heterocycles. The Labute approximate surface area is 171 Å². The van der Waals surface area contributed by atoms with Crippen LogP contribution in [0.2, 0.25) is 0 Å². The van der Waals surface area contributed by atoms with E-state index in [9.17, 15) is 28.2 Å². The van der Waals surface area contributed by atoms with E-state index in [1.54, 1.807) is 0 Å². The number of anilines is 1. The van der Waals surface area contributed by atoms with Gasteiger partial charge in [0.05, 0.1) is 13.2 Å². The summed E-state index contributed by atoms with van der Waals surface area (Å²) in [4.78, 5) is 24.1. The fourth-order valence-electron chi connectivity index (χ4n) is 2.50. The van der Waals surface area contributed by atoms with Gasteiger partial charge in [0.1, 0.15) is 36.7 Å². The molecule has 0 aliphatic carbocycles. The van der Waals surface area contributed by atoms with Crippen LogP contribution in [0.3, 0.4) is 0 Å². The lowest BCUT2D eigenvalue weighted by Gasteiger charge is -2.18. The number of hydrogen-bond donors (Lipinski definition) is 4. The largest absolute Gasteiger partial charge is 0.542 e. The third kappa shape index (κ3) is 6.57. The first-order valence-electron chi connectivity index (χ1n) is 8.58. The molecule has 0 saturated carbocycles. The molecule has 16 heteroatoms. The number of ether oxygens (including phenoxy) is 4. The molecule has 1 aromatic heterocycles. The minimum absolute atomic E-state index is 0.0970. The number of nitrogens with two attached hydrogens (primary N) is 1. The van der Waals surface area contributed by atoms with Crippen LogP contribution in [0.25, 0.3) is 0 Å². The molecule has 1 aromatic rings. The van der Waals surface area contributed by atoms with E-state index >= 15 is 0 Å². The van der Waals surface area contributed by atoms with Gasteiger partial charge in [-0.05, 0) is 6.07 Å². The number of aliphatic hydroxyl groups is 3. The minimum atomic E-state index is -5.19. The summed E-state index contributed by atoms with van der Waals surface area (Å²) in [5.41, 5.74) is 4.86. The Kier molecular flexibility index (Phi) is 8.29. The number of nitrogen functional groups attached to an aromatic ring is 1. The SMILES string of the molecule is Nc1ccn([C@@H]2CO[C@H](CO[C@@H]3O[C@H](CO)[C@@H](O)[C@H]3O)O2)c(=O)n1.O=C([O-])C(F)(F)F. The van der Waals surface area contributed by atoms with Gasteiger partial charge in [-0.25, -0.2) is 4.79 Å². The highest BCUT2D eigenvalue weighted by Gasteiger charge is 2.43. The summed E-state index contributed by atoms with van der Waals surface area (Å²) >= 11 is 0. The van der Waals surface area contributed by atoms with E-state index in [0.29, 0.717) is 0 Å². The standard InChI is InChI=1S/C13H19N3O8.C2HF3O2/c14-7-1-2-16(13(20)15-7)8-4-21-9(24-8)5-22-12-11(19)10(18)6(3-17)23-12;3-2(4,5)1(6)7/h1-2,6,8-12,17-19H,3-5H2,(H2,14,15,20);(H,6,7)/p-1/t6-,8+,9+,10-,11-,12-;/m1./s1. The highest BCUT2D eigenvalue weighted by Crippen LogP contribution is 2.24. The molecule has 13 nitrogen and oxygen atoms in total. The molecule has 176 valence electrons. The van der Waals surface area contributed by atoms with Crippen molar-refractivity contribution in [1.29, 1.82) is 0 Å². The number of aliphatic carboxylic acids is 1. The van der Waals surface area contributed by atoms with Crippen LogP contribution < -0.4 is 16.5 Å². The number of carboxylic acids is 1. The monoisotopic (exact) mass is 458 g/mol. The summed E-state index contributed by atoms with van der Waals surface area (Å²) in [5.74, 6) is -2.90. The van der Waals surface area contributed by atoms with E-state index in [4.69, 9.17) is 39.7 Å². The number of halogens is 3. The number of hydrogen-bond acceptors (Lipinski definition) is 12. The van der Waals surface area contributed by atoms with E-state index < -0.39 is 61.6 Å². The molecule has 31 heavy (non-hydrogen) atoms. The van der Waals surface area contributed by atoms with Crippen LogP contribution in [0.5, 0.6) is 0 Å². The number of alkyl halides is 3. The zero-order valence-electron chi connectivity index (χ0n) is 15.5. The normalized spacial score (nSPS) is 30.6. The second-order valence-corrected chi connectivity index (χ2v) is 6.22. The molecule has 0 spiro atoms. The van der Waals surface area contributed by atoms with Crippen LogP contribution in [0.4, 0.5) is 19.0 Å². The molecule has 0 amide bonds. The molecule has 3 rings (SSSR count). The lowest BCUT2D eigenvalue weighted by Crippen LogP contribution is -2.37. The van der Waals surface area contributed by atoms with Crippen molar-refractivity contribution in [3.05, 3.63) is 22.7 Å². The molecule has 0 bridgehead atoms. The van der Waals surface area contributed by atoms with Gasteiger partial charge in [-0.1, -0.05) is 0 Å². The van der Waals surface area contributed by atoms with Crippen molar-refractivity contribution in [2.24, 2.45) is 0 Å². The Morgan fingerprint density at radius 3 is 2.52 bits per heavy atom. The fraction of sp³-hybridized carbons (Fsp3) is 0.667. The van der Waals surface area contributed by atoms with E-state index in [1.165, 1.54) is 16.8 Å². The smallest absolute Gasteiger partial charge is 0.430 e. The predicted octanol–water partition coefficient (Wildman–Crippen LogP) is -3.55. The van der Waals surface area contributed by atoms with E-state index in [1.807, 2.05) is 0 Å². The Morgan fingerprint density at radius 2 is 2.00 bits per heavy atom. The number of aliphatic hydroxyl groups excluding tert-OH is 3. The van der Waals surface area contributed by atoms with Crippen molar-refractivity contribution in [2.75, 3.05) is 25.6 Å². The van der Waals surface area contributed by atoms with Gasteiger partial charge in [0.15, 0.2) is 18.8 Å². The maximum atomic E-state index is 11.7. The number of rotatable bonds is 5. The molecule has 0 unspecified atom stereocenters. The van der Waals surface area contributed by atoms with Gasteiger partial charge in [-0.2, -0.15) is 18.2 Å². The number of nitrogens with zero attached hydrogens (tertiary/aromatic N) is 2. The third-order valence-corrected chi connectivity index (χ3v) is 4.02. The number of carbonyl (C=O) groups excluding carboxylic acids is 1. The van der Waals surface area contributed by atoms with E-state index in [-0.39, 0.29) is 19.0 Å². The highest BCUT2D eigenvalue weighted by molar-refractivity contribution is 5.70. The van der Waals surface area contributed by atoms with E-state index in [0.717, 1.165) is 0 Å². The summed E-state index contributed by atoms with van der Waals surface area (Å²) in [6.45, 7) is -0.431. The van der Waals surface area contributed by atoms with Crippen molar-refractivity contribution in [2.45, 2.75) is 43.3 Å². The van der Waals surface area contributed by atoms with Gasteiger partial charge in [0.25, 0.3) is 0 Å². The highest BCUT2D eigenvalue weighted by atomic mass is 19.4. The van der Waals surface area contributed by atoms with Crippen LogP contribution in [-0.2, 0) is 23.7 Å². The quantitative estimate of drug-likeness (QED) is 0.339. The van der Waals surface area contributed by atoms with Crippen LogP contribution in [0, 0.1) is 0 Å². The zero-order valence-corrected chi connectivity index (χ0v) is 15.5. The lowest BCUT2D eigenvalue weighted by atomic mass is 10.1. The summed E-state index contributed by atoms with van der Waals surface area (Å²) < 4.78 is 54.2. The van der Waals surface area contributed by atoms with E-state index in [2.05, 4.69) is 4.98 Å². The average molecular weight is 458 g/mol. The van der Waals surface area contributed by atoms with Gasteiger partial charge >= 0.3 is 11.9 Å². The summed E-state index contributed by atoms with van der Waals surface area (Å²) in [7, 11) is 0. The molecule has 2 aliphatic rings. The molecule has 2 aliphatic heterocycles. The zero-order chi connectivity index (χ0) is 23.3. The first-order chi connectivity index (χ1) is 14.4. The third-order valence-electron chi connectivity index (χ3n) is 4.02. The predicted molar refractivity (Wildman–Crippen MR) is 87.5 cm³/mol. The second kappa shape index (κ2) is 10.3. The van der Waals surface area contributed by atoms with Gasteiger partial charge < -0.3 is 49.9 Å². The van der Waals surface area contributed by atoms with Crippen LogP contribution in [-0.4, -0.2) is 87.7 Å². The molecule has 2 fully saturated rings. The first kappa shape index (κ1) is 24.9. The number of aromatic nitrogens is 2. The molecule has 3 heterocycles. The van der Waals surface area contributed by atoms with Gasteiger partial charge in [0.2, 0.25) is 0 Å². The Balaban J connectivity index is 0.000000423. The molecular formula is C15H19F3N3O10-. The topological polar surface area (TPSA) is 199 Å². The number of carboxylic acid groups (broad SMARTS) is 1. The molecule has 6 atom stereocenters. The van der Waals surface area contributed by atoms with Crippen molar-refractivity contribution >= 4 is 11.8 Å². The average Bonchev–Trinajstić information content (AvgIpc) is 3.25. The van der Waals surface area contributed by atoms with Crippen molar-refractivity contribution in [3.63, 3.8) is 0 Å². The van der Waals surface area contributed by atoms with Gasteiger partial charge in [-0.15, -0.1) is 0 Å². The summed E-state index contributed by atoms with van der Waals surface area (Å²) in [6.07, 6.45) is -9.76. The Morgan fingerprint density at radius 1 is 1.35 bits per heavy atom. The Hall–Kier alpha value is -2.34. The van der Waals surface area contributed by atoms with Crippen molar-refractivity contribution in [3.8, 4) is 0 Å². The van der Waals surface area contributed by atoms with Gasteiger partial charge in [0, 0.05) is 6.20 Å². The second-order valence-electron chi connectivity index (χ2n) is 6.22. The van der Waals surface area contributed by atoms with Crippen molar-refractivity contribution in [1.82, 2.24) is 9.55 Å². The summed E-state index contributed by atoms with van der Waals surface area (Å²) in [6, 6.07) is 1.47. The minimum Gasteiger partial charge on any atom is -0.542 e. The maximum absolute atomic E-state index is 11.7. The van der Waals surface area contributed by atoms with Crippen molar-refractivity contribution < 1.29 is 57.3 Å².